The van der Waals surface area contributed by atoms with Crippen molar-refractivity contribution in [1.29, 1.82) is 0 Å². The van der Waals surface area contributed by atoms with Crippen molar-refractivity contribution >= 4 is 17.5 Å². The Bertz CT molecular complexity index is 761. The molecule has 136 valence electrons. The number of benzene rings is 1. The zero-order chi connectivity index (χ0) is 18.5. The molecule has 3 rings (SSSR count). The second-order valence-corrected chi connectivity index (χ2v) is 6.84. The maximum absolute atomic E-state index is 12.3. The van der Waals surface area contributed by atoms with Crippen molar-refractivity contribution in [2.75, 3.05) is 25.0 Å². The Morgan fingerprint density at radius 2 is 2.08 bits per heavy atom. The van der Waals surface area contributed by atoms with E-state index in [-0.39, 0.29) is 24.4 Å². The molecule has 2 heterocycles. The molecule has 2 aromatic rings. The van der Waals surface area contributed by atoms with Crippen LogP contribution in [0.2, 0.25) is 0 Å². The van der Waals surface area contributed by atoms with Gasteiger partial charge in [-0.2, -0.15) is 0 Å². The number of rotatable bonds is 6. The van der Waals surface area contributed by atoms with Crippen LogP contribution in [0.15, 0.2) is 48.8 Å². The number of hydrogen-bond donors (Lipinski definition) is 1. The Morgan fingerprint density at radius 3 is 2.77 bits per heavy atom. The Balaban J connectivity index is 1.50. The SMILES string of the molecule is Cc1ccc(N2CC(NC(=O)CN(C)Cc3cccnc3)CC2=O)cc1. The van der Waals surface area contributed by atoms with E-state index < -0.39 is 0 Å². The number of aromatic nitrogens is 1. The summed E-state index contributed by atoms with van der Waals surface area (Å²) in [6.07, 6.45) is 3.86. The lowest BCUT2D eigenvalue weighted by Gasteiger charge is -2.19. The van der Waals surface area contributed by atoms with Crippen LogP contribution in [0.4, 0.5) is 5.69 Å². The van der Waals surface area contributed by atoms with Gasteiger partial charge in [-0.25, -0.2) is 0 Å². The number of nitrogens with zero attached hydrogens (tertiary/aromatic N) is 3. The number of aryl methyl sites for hydroxylation is 1. The monoisotopic (exact) mass is 352 g/mol. The highest BCUT2D eigenvalue weighted by Crippen LogP contribution is 2.21. The standard InChI is InChI=1S/C20H24N4O2/c1-15-5-7-18(8-6-15)24-13-17(10-20(24)26)22-19(25)14-23(2)12-16-4-3-9-21-11-16/h3-9,11,17H,10,12-14H2,1-2H3,(H,22,25). The van der Waals surface area contributed by atoms with Gasteiger partial charge in [0.2, 0.25) is 11.8 Å². The molecular weight excluding hydrogens is 328 g/mol. The first-order valence-corrected chi connectivity index (χ1v) is 8.75. The molecule has 2 amide bonds. The van der Waals surface area contributed by atoms with Crippen LogP contribution in [0.1, 0.15) is 17.5 Å². The summed E-state index contributed by atoms with van der Waals surface area (Å²) in [5.41, 5.74) is 3.09. The van der Waals surface area contributed by atoms with Crippen LogP contribution in [0.3, 0.4) is 0 Å². The van der Waals surface area contributed by atoms with E-state index >= 15 is 0 Å². The molecule has 1 unspecified atom stereocenters. The van der Waals surface area contributed by atoms with Gasteiger partial charge in [0.05, 0.1) is 12.6 Å². The van der Waals surface area contributed by atoms with E-state index in [1.54, 1.807) is 17.3 Å². The maximum atomic E-state index is 12.3. The number of amides is 2. The topological polar surface area (TPSA) is 65.5 Å². The van der Waals surface area contributed by atoms with E-state index in [4.69, 9.17) is 0 Å². The normalized spacial score (nSPS) is 17.0. The van der Waals surface area contributed by atoms with Crippen molar-refractivity contribution < 1.29 is 9.59 Å². The zero-order valence-corrected chi connectivity index (χ0v) is 15.2. The first-order valence-electron chi connectivity index (χ1n) is 8.75. The van der Waals surface area contributed by atoms with Gasteiger partial charge in [-0.15, -0.1) is 0 Å². The van der Waals surface area contributed by atoms with Crippen molar-refractivity contribution in [3.63, 3.8) is 0 Å². The van der Waals surface area contributed by atoms with Gasteiger partial charge < -0.3 is 10.2 Å². The summed E-state index contributed by atoms with van der Waals surface area (Å²) in [5.74, 6) is -0.0252. The first-order chi connectivity index (χ1) is 12.5. The van der Waals surface area contributed by atoms with Gasteiger partial charge in [0, 0.05) is 37.6 Å². The number of anilines is 1. The minimum Gasteiger partial charge on any atom is -0.350 e. The zero-order valence-electron chi connectivity index (χ0n) is 15.2. The first kappa shape index (κ1) is 18.1. The Kier molecular flexibility index (Phi) is 5.63. The van der Waals surface area contributed by atoms with Crippen molar-refractivity contribution in [2.45, 2.75) is 25.9 Å². The van der Waals surface area contributed by atoms with Crippen LogP contribution in [0.25, 0.3) is 0 Å². The van der Waals surface area contributed by atoms with Crippen LogP contribution in [0.5, 0.6) is 0 Å². The Labute approximate surface area is 153 Å². The molecule has 1 saturated heterocycles. The second-order valence-electron chi connectivity index (χ2n) is 6.84. The van der Waals surface area contributed by atoms with Crippen molar-refractivity contribution in [1.82, 2.24) is 15.2 Å². The fourth-order valence-corrected chi connectivity index (χ4v) is 3.16. The molecule has 1 fully saturated rings. The third-order valence-corrected chi connectivity index (χ3v) is 4.42. The van der Waals surface area contributed by atoms with E-state index in [9.17, 15) is 9.59 Å². The summed E-state index contributed by atoms with van der Waals surface area (Å²) in [7, 11) is 1.89. The molecule has 1 aromatic carbocycles. The lowest BCUT2D eigenvalue weighted by atomic mass is 10.2. The summed E-state index contributed by atoms with van der Waals surface area (Å²) < 4.78 is 0. The van der Waals surface area contributed by atoms with Crippen molar-refractivity contribution in [3.8, 4) is 0 Å². The lowest BCUT2D eigenvalue weighted by molar-refractivity contribution is -0.122. The number of pyridine rings is 1. The summed E-state index contributed by atoms with van der Waals surface area (Å²) in [6, 6.07) is 11.6. The molecular formula is C20H24N4O2. The molecule has 0 aliphatic carbocycles. The maximum Gasteiger partial charge on any atom is 0.234 e. The predicted molar refractivity (Wildman–Crippen MR) is 101 cm³/mol. The quantitative estimate of drug-likeness (QED) is 0.860. The van der Waals surface area contributed by atoms with Gasteiger partial charge in [0.1, 0.15) is 0 Å². The van der Waals surface area contributed by atoms with E-state index in [2.05, 4.69) is 10.3 Å². The van der Waals surface area contributed by atoms with Crippen molar-refractivity contribution in [3.05, 3.63) is 59.9 Å². The highest BCUT2D eigenvalue weighted by molar-refractivity contribution is 5.96. The van der Waals surface area contributed by atoms with Gasteiger partial charge in [-0.3, -0.25) is 19.5 Å². The molecule has 1 aliphatic heterocycles. The number of carbonyl (C=O) groups excluding carboxylic acids is 2. The smallest absolute Gasteiger partial charge is 0.234 e. The largest absolute Gasteiger partial charge is 0.350 e. The number of nitrogens with one attached hydrogen (secondary N) is 1. The molecule has 0 saturated carbocycles. The second kappa shape index (κ2) is 8.10. The molecule has 1 atom stereocenters. The van der Waals surface area contributed by atoms with Gasteiger partial charge in [-0.05, 0) is 37.7 Å². The van der Waals surface area contributed by atoms with Gasteiger partial charge >= 0.3 is 0 Å². The highest BCUT2D eigenvalue weighted by atomic mass is 16.2. The minimum atomic E-state index is -0.150. The number of likely N-dealkylation sites (N-methyl/N-ethyl adjacent to an activating group) is 1. The van der Waals surface area contributed by atoms with E-state index in [1.165, 1.54) is 0 Å². The van der Waals surface area contributed by atoms with Crippen LogP contribution < -0.4 is 10.2 Å². The number of carbonyl (C=O) groups is 2. The summed E-state index contributed by atoms with van der Waals surface area (Å²) in [5, 5.41) is 2.98. The predicted octanol–water partition coefficient (Wildman–Crippen LogP) is 1.74. The lowest BCUT2D eigenvalue weighted by Crippen LogP contribution is -2.42. The third kappa shape index (κ3) is 4.67. The molecule has 6 nitrogen and oxygen atoms in total. The summed E-state index contributed by atoms with van der Waals surface area (Å²) >= 11 is 0. The average Bonchev–Trinajstić information content (AvgIpc) is 2.96. The van der Waals surface area contributed by atoms with E-state index in [1.807, 2.05) is 55.3 Å². The van der Waals surface area contributed by atoms with Crippen LogP contribution >= 0.6 is 0 Å². The third-order valence-electron chi connectivity index (χ3n) is 4.42. The molecule has 26 heavy (non-hydrogen) atoms. The van der Waals surface area contributed by atoms with Crippen molar-refractivity contribution in [2.24, 2.45) is 0 Å². The Morgan fingerprint density at radius 1 is 1.31 bits per heavy atom. The molecule has 6 heteroatoms. The number of hydrogen-bond acceptors (Lipinski definition) is 4. The molecule has 0 radical (unpaired) electrons. The molecule has 1 aromatic heterocycles. The fraction of sp³-hybridized carbons (Fsp3) is 0.350. The van der Waals surface area contributed by atoms with Crippen LogP contribution in [-0.4, -0.2) is 47.9 Å². The fourth-order valence-electron chi connectivity index (χ4n) is 3.16. The highest BCUT2D eigenvalue weighted by Gasteiger charge is 2.31. The van der Waals surface area contributed by atoms with E-state index in [0.29, 0.717) is 19.5 Å². The van der Waals surface area contributed by atoms with Crippen LogP contribution in [-0.2, 0) is 16.1 Å². The molecule has 0 spiro atoms. The summed E-state index contributed by atoms with van der Waals surface area (Å²) in [4.78, 5) is 32.3. The Hall–Kier alpha value is -2.73. The average molecular weight is 352 g/mol. The van der Waals surface area contributed by atoms with E-state index in [0.717, 1.165) is 16.8 Å². The van der Waals surface area contributed by atoms with Gasteiger partial charge in [-0.1, -0.05) is 23.8 Å². The molecule has 1 aliphatic rings. The molecule has 1 N–H and O–H groups in total. The van der Waals surface area contributed by atoms with Gasteiger partial charge in [0.25, 0.3) is 0 Å². The summed E-state index contributed by atoms with van der Waals surface area (Å²) in [6.45, 7) is 3.46. The van der Waals surface area contributed by atoms with Gasteiger partial charge in [0.15, 0.2) is 0 Å². The molecule has 0 bridgehead atoms. The minimum absolute atomic E-state index is 0.0443. The van der Waals surface area contributed by atoms with Crippen LogP contribution in [0, 0.1) is 6.92 Å².